The van der Waals surface area contributed by atoms with Gasteiger partial charge in [-0.25, -0.2) is 4.79 Å². The Morgan fingerprint density at radius 3 is 2.41 bits per heavy atom. The Labute approximate surface area is 124 Å². The van der Waals surface area contributed by atoms with E-state index in [2.05, 4.69) is 5.32 Å². The summed E-state index contributed by atoms with van der Waals surface area (Å²) < 4.78 is 38.2. The summed E-state index contributed by atoms with van der Waals surface area (Å²) in [6, 6.07) is 7.02. The number of benzene rings is 1. The van der Waals surface area contributed by atoms with Gasteiger partial charge in [0.2, 0.25) is 0 Å². The van der Waals surface area contributed by atoms with Gasteiger partial charge in [-0.15, -0.1) is 0 Å². The van der Waals surface area contributed by atoms with Crippen LogP contribution >= 0.6 is 0 Å². The van der Waals surface area contributed by atoms with Crippen molar-refractivity contribution in [2.75, 3.05) is 6.54 Å². The number of carbonyl (C=O) groups is 2. The number of amides is 2. The maximum absolute atomic E-state index is 12.7. The average Bonchev–Trinajstić information content (AvgIpc) is 2.46. The van der Waals surface area contributed by atoms with Crippen LogP contribution in [0.4, 0.5) is 18.0 Å². The van der Waals surface area contributed by atoms with Crippen molar-refractivity contribution >= 4 is 12.0 Å². The van der Waals surface area contributed by atoms with Gasteiger partial charge in [0.25, 0.3) is 0 Å². The number of piperidine rings is 1. The van der Waals surface area contributed by atoms with Crippen LogP contribution in [-0.4, -0.2) is 40.8 Å². The lowest BCUT2D eigenvalue weighted by Gasteiger charge is -2.39. The zero-order valence-electron chi connectivity index (χ0n) is 11.5. The summed E-state index contributed by atoms with van der Waals surface area (Å²) in [5, 5.41) is 11.0. The number of likely N-dealkylation sites (tertiary alicyclic amines) is 1. The van der Waals surface area contributed by atoms with Crippen molar-refractivity contribution in [2.24, 2.45) is 0 Å². The third kappa shape index (κ3) is 3.69. The molecule has 2 amide bonds. The molecule has 5 nitrogen and oxygen atoms in total. The molecule has 1 fully saturated rings. The van der Waals surface area contributed by atoms with Crippen molar-refractivity contribution in [1.82, 2.24) is 10.2 Å². The second-order valence-corrected chi connectivity index (χ2v) is 5.09. The summed E-state index contributed by atoms with van der Waals surface area (Å²) in [4.78, 5) is 23.1. The Kier molecular flexibility index (Phi) is 4.58. The molecule has 2 atom stereocenters. The third-order valence-electron chi connectivity index (χ3n) is 3.62. The topological polar surface area (TPSA) is 69.6 Å². The van der Waals surface area contributed by atoms with Gasteiger partial charge in [0, 0.05) is 12.6 Å². The number of halogens is 3. The van der Waals surface area contributed by atoms with E-state index in [9.17, 15) is 22.8 Å². The minimum Gasteiger partial charge on any atom is -0.465 e. The van der Waals surface area contributed by atoms with Crippen LogP contribution in [0.1, 0.15) is 24.4 Å². The molecule has 0 unspecified atom stereocenters. The fraction of sp³-hybridized carbons (Fsp3) is 0.429. The van der Waals surface area contributed by atoms with Crippen LogP contribution in [0.2, 0.25) is 0 Å². The first-order chi connectivity index (χ1) is 10.3. The van der Waals surface area contributed by atoms with Gasteiger partial charge in [-0.2, -0.15) is 13.2 Å². The smallest absolute Gasteiger partial charge is 0.465 e. The number of nitrogens with zero attached hydrogens (tertiary/aromatic N) is 1. The molecule has 2 N–H and O–H groups in total. The summed E-state index contributed by atoms with van der Waals surface area (Å²) in [7, 11) is 0. The van der Waals surface area contributed by atoms with E-state index in [0.717, 1.165) is 4.90 Å². The number of carbonyl (C=O) groups excluding carboxylic acids is 1. The van der Waals surface area contributed by atoms with E-state index < -0.39 is 30.3 Å². The van der Waals surface area contributed by atoms with E-state index in [4.69, 9.17) is 5.11 Å². The molecule has 0 aliphatic carbocycles. The molecular weight excluding hydrogens is 301 g/mol. The Bertz CT molecular complexity index is 548. The van der Waals surface area contributed by atoms with E-state index in [-0.39, 0.29) is 19.4 Å². The highest BCUT2D eigenvalue weighted by Crippen LogP contribution is 2.34. The summed E-state index contributed by atoms with van der Waals surface area (Å²) in [6.45, 7) is -0.150. The molecule has 1 aliphatic heterocycles. The molecule has 1 saturated heterocycles. The fourth-order valence-electron chi connectivity index (χ4n) is 2.67. The van der Waals surface area contributed by atoms with Gasteiger partial charge in [-0.3, -0.25) is 4.79 Å². The largest absolute Gasteiger partial charge is 0.471 e. The Morgan fingerprint density at radius 1 is 1.23 bits per heavy atom. The predicted molar refractivity (Wildman–Crippen MR) is 71.1 cm³/mol. The van der Waals surface area contributed by atoms with Gasteiger partial charge in [-0.1, -0.05) is 30.3 Å². The molecule has 120 valence electrons. The second-order valence-electron chi connectivity index (χ2n) is 5.09. The van der Waals surface area contributed by atoms with Crippen molar-refractivity contribution in [3.8, 4) is 0 Å². The van der Waals surface area contributed by atoms with Gasteiger partial charge in [-0.05, 0) is 18.4 Å². The van der Waals surface area contributed by atoms with Crippen LogP contribution < -0.4 is 5.32 Å². The molecule has 0 saturated carbocycles. The minimum atomic E-state index is -4.94. The summed E-state index contributed by atoms with van der Waals surface area (Å²) in [6.07, 6.45) is -5.91. The lowest BCUT2D eigenvalue weighted by Crippen LogP contribution is -2.51. The molecule has 0 radical (unpaired) electrons. The second kappa shape index (κ2) is 6.25. The van der Waals surface area contributed by atoms with Crippen LogP contribution in [0.3, 0.4) is 0 Å². The molecule has 1 aliphatic rings. The summed E-state index contributed by atoms with van der Waals surface area (Å²) >= 11 is 0. The molecule has 0 bridgehead atoms. The van der Waals surface area contributed by atoms with Gasteiger partial charge in [0.1, 0.15) is 0 Å². The first-order valence-corrected chi connectivity index (χ1v) is 6.71. The zero-order valence-corrected chi connectivity index (χ0v) is 11.5. The zero-order chi connectivity index (χ0) is 16.3. The van der Waals surface area contributed by atoms with Crippen LogP contribution in [0.15, 0.2) is 30.3 Å². The Hall–Kier alpha value is -2.25. The van der Waals surface area contributed by atoms with E-state index >= 15 is 0 Å². The lowest BCUT2D eigenvalue weighted by molar-refractivity contribution is -0.189. The Balaban J connectivity index is 2.25. The van der Waals surface area contributed by atoms with Crippen molar-refractivity contribution < 1.29 is 27.9 Å². The fourth-order valence-corrected chi connectivity index (χ4v) is 2.67. The number of carboxylic acid groups (broad SMARTS) is 1. The first kappa shape index (κ1) is 16.1. The number of alkyl halides is 3. The standard InChI is InChI=1S/C14H15F3N2O3/c15-14(16,17)12(20)19-7-6-10(18-13(21)22)8-11(19)9-4-2-1-3-5-9/h1-5,10-11,18H,6-8H2,(H,21,22)/t10-,11+/m1/s1. The number of rotatable bonds is 2. The number of hydrogen-bond donors (Lipinski definition) is 2. The van der Waals surface area contributed by atoms with Crippen molar-refractivity contribution in [3.05, 3.63) is 35.9 Å². The van der Waals surface area contributed by atoms with Gasteiger partial charge >= 0.3 is 18.2 Å². The van der Waals surface area contributed by atoms with Crippen LogP contribution in [-0.2, 0) is 4.79 Å². The minimum absolute atomic E-state index is 0.109. The van der Waals surface area contributed by atoms with Gasteiger partial charge < -0.3 is 15.3 Å². The summed E-state index contributed by atoms with van der Waals surface area (Å²) in [5.41, 5.74) is 0.553. The van der Waals surface area contributed by atoms with Gasteiger partial charge in [0.15, 0.2) is 0 Å². The Morgan fingerprint density at radius 2 is 1.86 bits per heavy atom. The SMILES string of the molecule is O=C(O)N[C@@H]1CCN(C(=O)C(F)(F)F)[C@H](c2ccccc2)C1. The molecule has 2 rings (SSSR count). The average molecular weight is 316 g/mol. The quantitative estimate of drug-likeness (QED) is 0.881. The molecule has 0 spiro atoms. The predicted octanol–water partition coefficient (Wildman–Crippen LogP) is 2.55. The molecule has 1 aromatic rings. The monoisotopic (exact) mass is 316 g/mol. The molecule has 8 heteroatoms. The van der Waals surface area contributed by atoms with E-state index in [1.165, 1.54) is 0 Å². The van der Waals surface area contributed by atoms with Crippen molar-refractivity contribution in [1.29, 1.82) is 0 Å². The molecular formula is C14H15F3N2O3. The van der Waals surface area contributed by atoms with E-state index in [1.54, 1.807) is 30.3 Å². The van der Waals surface area contributed by atoms with Crippen molar-refractivity contribution in [2.45, 2.75) is 31.1 Å². The highest BCUT2D eigenvalue weighted by Gasteiger charge is 2.46. The molecule has 0 aromatic heterocycles. The molecule has 22 heavy (non-hydrogen) atoms. The van der Waals surface area contributed by atoms with Crippen molar-refractivity contribution in [3.63, 3.8) is 0 Å². The number of nitrogens with one attached hydrogen (secondary N) is 1. The van der Waals surface area contributed by atoms with Gasteiger partial charge in [0.05, 0.1) is 6.04 Å². The van der Waals surface area contributed by atoms with E-state index in [1.807, 2.05) is 0 Å². The molecule has 1 aromatic carbocycles. The first-order valence-electron chi connectivity index (χ1n) is 6.71. The third-order valence-corrected chi connectivity index (χ3v) is 3.62. The van der Waals surface area contributed by atoms with Crippen LogP contribution in [0.25, 0.3) is 0 Å². The van der Waals surface area contributed by atoms with Crippen LogP contribution in [0.5, 0.6) is 0 Å². The van der Waals surface area contributed by atoms with E-state index in [0.29, 0.717) is 5.56 Å². The maximum atomic E-state index is 12.7. The number of hydrogen-bond acceptors (Lipinski definition) is 2. The normalized spacial score (nSPS) is 22.2. The van der Waals surface area contributed by atoms with Crippen LogP contribution in [0, 0.1) is 0 Å². The lowest BCUT2D eigenvalue weighted by atomic mass is 9.91. The highest BCUT2D eigenvalue weighted by molar-refractivity contribution is 5.82. The highest BCUT2D eigenvalue weighted by atomic mass is 19.4. The maximum Gasteiger partial charge on any atom is 0.471 e. The molecule has 1 heterocycles. The summed E-state index contributed by atoms with van der Waals surface area (Å²) in [5.74, 6) is -1.89.